The third-order valence-electron chi connectivity index (χ3n) is 5.51. The molecule has 5 rings (SSSR count). The van der Waals surface area contributed by atoms with Gasteiger partial charge in [-0.1, -0.05) is 12.1 Å². The lowest BCUT2D eigenvalue weighted by atomic mass is 10.1. The van der Waals surface area contributed by atoms with Gasteiger partial charge in [-0.2, -0.15) is 0 Å². The van der Waals surface area contributed by atoms with Gasteiger partial charge in [-0.15, -0.1) is 11.3 Å². The monoisotopic (exact) mass is 478 g/mol. The van der Waals surface area contributed by atoms with Crippen LogP contribution >= 0.6 is 11.3 Å². The molecule has 2 amide bonds. The Morgan fingerprint density at radius 3 is 2.68 bits per heavy atom. The number of nitrogens with zero attached hydrogens (tertiary/aromatic N) is 1. The van der Waals surface area contributed by atoms with E-state index in [4.69, 9.17) is 14.2 Å². The maximum atomic E-state index is 12.5. The third kappa shape index (κ3) is 4.60. The molecule has 0 bridgehead atoms. The van der Waals surface area contributed by atoms with Crippen LogP contribution in [0.3, 0.4) is 0 Å². The largest absolute Gasteiger partial charge is 0.486 e. The van der Waals surface area contributed by atoms with Gasteiger partial charge in [-0.25, -0.2) is 4.79 Å². The van der Waals surface area contributed by atoms with Crippen LogP contribution in [0.25, 0.3) is 10.4 Å². The van der Waals surface area contributed by atoms with Gasteiger partial charge >= 0.3 is 5.97 Å². The normalized spacial score (nSPS) is 14.7. The number of para-hydroxylation sites is 2. The Labute approximate surface area is 200 Å². The maximum Gasteiger partial charge on any atom is 0.348 e. The first-order valence-electron chi connectivity index (χ1n) is 10.9. The summed E-state index contributed by atoms with van der Waals surface area (Å²) in [6.07, 6.45) is 1.28. The molecule has 1 saturated heterocycles. The molecule has 2 aromatic carbocycles. The summed E-state index contributed by atoms with van der Waals surface area (Å²) in [6.45, 7) is 1.21. The van der Waals surface area contributed by atoms with Crippen LogP contribution in [0.1, 0.15) is 22.5 Å². The van der Waals surface area contributed by atoms with Crippen molar-refractivity contribution >= 4 is 40.5 Å². The van der Waals surface area contributed by atoms with E-state index in [0.717, 1.165) is 16.9 Å². The van der Waals surface area contributed by atoms with E-state index in [1.807, 2.05) is 30.3 Å². The van der Waals surface area contributed by atoms with Crippen LogP contribution in [0.4, 0.5) is 11.4 Å². The van der Waals surface area contributed by atoms with Gasteiger partial charge in [0.15, 0.2) is 18.1 Å². The lowest BCUT2D eigenvalue weighted by Crippen LogP contribution is -2.26. The fourth-order valence-corrected chi connectivity index (χ4v) is 4.80. The van der Waals surface area contributed by atoms with Gasteiger partial charge < -0.3 is 24.4 Å². The topological polar surface area (TPSA) is 94.2 Å². The highest BCUT2D eigenvalue weighted by Crippen LogP contribution is 2.37. The number of nitrogens with one attached hydrogen (secondary N) is 1. The first-order chi connectivity index (χ1) is 16.6. The molecule has 34 heavy (non-hydrogen) atoms. The Morgan fingerprint density at radius 2 is 1.85 bits per heavy atom. The van der Waals surface area contributed by atoms with Crippen molar-refractivity contribution in [3.63, 3.8) is 0 Å². The van der Waals surface area contributed by atoms with E-state index in [-0.39, 0.29) is 5.91 Å². The first kappa shape index (κ1) is 22.0. The molecule has 3 aromatic rings. The highest BCUT2D eigenvalue weighted by molar-refractivity contribution is 7.17. The molecule has 0 radical (unpaired) electrons. The quantitative estimate of drug-likeness (QED) is 0.536. The minimum absolute atomic E-state index is 0.0274. The van der Waals surface area contributed by atoms with Gasteiger partial charge in [0.05, 0.1) is 11.4 Å². The summed E-state index contributed by atoms with van der Waals surface area (Å²) in [5.41, 5.74) is 2.06. The first-order valence-corrected chi connectivity index (χ1v) is 11.8. The zero-order chi connectivity index (χ0) is 23.5. The molecular weight excluding hydrogens is 456 g/mol. The molecule has 0 atom stereocenters. The number of anilines is 2. The summed E-state index contributed by atoms with van der Waals surface area (Å²) < 4.78 is 16.4. The Kier molecular flexibility index (Phi) is 6.18. The summed E-state index contributed by atoms with van der Waals surface area (Å²) in [6, 6.07) is 16.2. The van der Waals surface area contributed by atoms with Gasteiger partial charge in [0.1, 0.15) is 18.1 Å². The van der Waals surface area contributed by atoms with Crippen molar-refractivity contribution in [1.29, 1.82) is 0 Å². The highest BCUT2D eigenvalue weighted by atomic mass is 32.1. The number of fused-ring (bicyclic) bond motifs is 1. The SMILES string of the molecule is O=C(COC(=O)c1ccc(-c2ccc3c(c2)OCCO3)s1)Nc1ccccc1N1CCCC1=O. The van der Waals surface area contributed by atoms with Crippen LogP contribution in [0.15, 0.2) is 54.6 Å². The number of rotatable bonds is 6. The zero-order valence-corrected chi connectivity index (χ0v) is 19.1. The van der Waals surface area contributed by atoms with Crippen molar-refractivity contribution in [3.05, 3.63) is 59.5 Å². The Bertz CT molecular complexity index is 1250. The number of esters is 1. The molecule has 0 saturated carbocycles. The number of hydrogen-bond acceptors (Lipinski definition) is 7. The maximum absolute atomic E-state index is 12.5. The highest BCUT2D eigenvalue weighted by Gasteiger charge is 2.24. The van der Waals surface area contributed by atoms with Crippen LogP contribution in [0, 0.1) is 0 Å². The summed E-state index contributed by atoms with van der Waals surface area (Å²) in [5, 5.41) is 2.74. The molecule has 1 fully saturated rings. The fraction of sp³-hybridized carbons (Fsp3) is 0.240. The van der Waals surface area contributed by atoms with E-state index < -0.39 is 18.5 Å². The molecule has 0 aliphatic carbocycles. The third-order valence-corrected chi connectivity index (χ3v) is 6.62. The molecule has 0 unspecified atom stereocenters. The Hall–Kier alpha value is -3.85. The number of thiophene rings is 1. The van der Waals surface area contributed by atoms with Crippen LogP contribution in [-0.4, -0.2) is 44.1 Å². The molecule has 0 spiro atoms. The van der Waals surface area contributed by atoms with Crippen molar-refractivity contribution in [2.24, 2.45) is 0 Å². The van der Waals surface area contributed by atoms with E-state index in [2.05, 4.69) is 5.32 Å². The molecule has 3 heterocycles. The average Bonchev–Trinajstić information content (AvgIpc) is 3.52. The number of ether oxygens (including phenoxy) is 3. The predicted octanol–water partition coefficient (Wildman–Crippen LogP) is 4.11. The molecule has 174 valence electrons. The van der Waals surface area contributed by atoms with Gasteiger partial charge in [0.25, 0.3) is 5.91 Å². The van der Waals surface area contributed by atoms with E-state index >= 15 is 0 Å². The van der Waals surface area contributed by atoms with Crippen molar-refractivity contribution < 1.29 is 28.6 Å². The van der Waals surface area contributed by atoms with Crippen LogP contribution in [0.5, 0.6) is 11.5 Å². The molecule has 9 heteroatoms. The van der Waals surface area contributed by atoms with Crippen LogP contribution < -0.4 is 19.7 Å². The number of amides is 2. The second kappa shape index (κ2) is 9.56. The summed E-state index contributed by atoms with van der Waals surface area (Å²) in [4.78, 5) is 40.0. The van der Waals surface area contributed by atoms with Crippen molar-refractivity contribution in [1.82, 2.24) is 0 Å². The summed E-state index contributed by atoms with van der Waals surface area (Å²) in [5.74, 6) is 0.351. The van der Waals surface area contributed by atoms with E-state index in [9.17, 15) is 14.4 Å². The Balaban J connectivity index is 1.20. The lowest BCUT2D eigenvalue weighted by Gasteiger charge is -2.19. The van der Waals surface area contributed by atoms with Crippen molar-refractivity contribution in [2.45, 2.75) is 12.8 Å². The van der Waals surface area contributed by atoms with E-state index in [0.29, 0.717) is 53.9 Å². The van der Waals surface area contributed by atoms with Crippen LogP contribution in [-0.2, 0) is 14.3 Å². The average molecular weight is 479 g/mol. The van der Waals surface area contributed by atoms with Crippen LogP contribution in [0.2, 0.25) is 0 Å². The summed E-state index contributed by atoms with van der Waals surface area (Å²) in [7, 11) is 0. The number of carbonyl (C=O) groups is 3. The minimum atomic E-state index is -0.577. The molecule has 1 aromatic heterocycles. The standard InChI is InChI=1S/C25H22N2O6S/c28-23(26-17-4-1-2-5-18(17)27-11-3-6-24(27)29)15-33-25(30)22-10-9-21(34-22)16-7-8-19-20(14-16)32-13-12-31-19/h1-2,4-5,7-10,14H,3,6,11-13,15H2,(H,26,28). The second-order valence-corrected chi connectivity index (χ2v) is 8.90. The molecule has 2 aliphatic heterocycles. The molecule has 1 N–H and O–H groups in total. The smallest absolute Gasteiger partial charge is 0.348 e. The molecule has 8 nitrogen and oxygen atoms in total. The minimum Gasteiger partial charge on any atom is -0.486 e. The van der Waals surface area contributed by atoms with Crippen molar-refractivity contribution in [3.8, 4) is 21.9 Å². The van der Waals surface area contributed by atoms with E-state index in [1.165, 1.54) is 11.3 Å². The second-order valence-electron chi connectivity index (χ2n) is 7.81. The molecule has 2 aliphatic rings. The van der Waals surface area contributed by atoms with Gasteiger partial charge in [-0.05, 0) is 54.4 Å². The fourth-order valence-electron chi connectivity index (χ4n) is 3.91. The van der Waals surface area contributed by atoms with Gasteiger partial charge in [-0.3, -0.25) is 9.59 Å². The lowest BCUT2D eigenvalue weighted by molar-refractivity contribution is -0.119. The zero-order valence-electron chi connectivity index (χ0n) is 18.2. The van der Waals surface area contributed by atoms with E-state index in [1.54, 1.807) is 29.2 Å². The summed E-state index contributed by atoms with van der Waals surface area (Å²) >= 11 is 1.27. The van der Waals surface area contributed by atoms with Crippen molar-refractivity contribution in [2.75, 3.05) is 36.6 Å². The molecular formula is C25H22N2O6S. The number of hydrogen-bond donors (Lipinski definition) is 1. The predicted molar refractivity (Wildman–Crippen MR) is 128 cm³/mol. The van der Waals surface area contributed by atoms with Gasteiger partial charge in [0, 0.05) is 17.8 Å². The Morgan fingerprint density at radius 1 is 1.03 bits per heavy atom. The van der Waals surface area contributed by atoms with Gasteiger partial charge in [0.2, 0.25) is 5.91 Å². The number of benzene rings is 2. The number of carbonyl (C=O) groups excluding carboxylic acids is 3.